The van der Waals surface area contributed by atoms with Crippen LogP contribution in [0, 0.1) is 0 Å². The maximum Gasteiger partial charge on any atom is 0.293 e. The third-order valence-corrected chi connectivity index (χ3v) is 5.39. The molecule has 162 valence electrons. The Morgan fingerprint density at radius 3 is 2.84 bits per heavy atom. The minimum absolute atomic E-state index is 0.0661. The van der Waals surface area contributed by atoms with Crippen LogP contribution < -0.4 is 11.2 Å². The number of nitrogens with one attached hydrogen (secondary N) is 1. The Bertz CT molecular complexity index is 1070. The minimum Gasteiger partial charge on any atom is -0.378 e. The van der Waals surface area contributed by atoms with E-state index in [0.717, 1.165) is 24.9 Å². The third-order valence-electron chi connectivity index (χ3n) is 5.39. The molecule has 12 heteroatoms. The number of carbonyl (C=O) groups excluding carboxylic acids is 1. The first-order chi connectivity index (χ1) is 15.0. The summed E-state index contributed by atoms with van der Waals surface area (Å²) in [6.45, 7) is 5.33. The molecule has 3 N–H and O–H groups in total. The molecule has 1 aliphatic heterocycles. The zero-order valence-corrected chi connectivity index (χ0v) is 17.4. The van der Waals surface area contributed by atoms with Crippen LogP contribution in [0.15, 0.2) is 34.3 Å². The summed E-state index contributed by atoms with van der Waals surface area (Å²) in [4.78, 5) is 19.2. The molecule has 1 amide bonds. The molecule has 31 heavy (non-hydrogen) atoms. The van der Waals surface area contributed by atoms with Crippen LogP contribution in [0.25, 0.3) is 5.82 Å². The minimum atomic E-state index is -0.477. The molecule has 1 atom stereocenters. The molecule has 3 aromatic heterocycles. The number of nitrogens with zero attached hydrogens (tertiary/aromatic N) is 8. The molecule has 0 aliphatic carbocycles. The maximum atomic E-state index is 12.9. The van der Waals surface area contributed by atoms with E-state index in [1.54, 1.807) is 19.3 Å². The topological polar surface area (TPSA) is 153 Å². The van der Waals surface area contributed by atoms with Gasteiger partial charge in [-0.05, 0) is 55.7 Å². The van der Waals surface area contributed by atoms with Crippen LogP contribution in [-0.4, -0.2) is 59.4 Å². The van der Waals surface area contributed by atoms with E-state index < -0.39 is 5.91 Å². The molecule has 1 aliphatic rings. The van der Waals surface area contributed by atoms with E-state index in [1.165, 1.54) is 11.1 Å². The van der Waals surface area contributed by atoms with Gasteiger partial charge < -0.3 is 5.73 Å². The number of nitrogen functional groups attached to an aromatic ring is 1. The first kappa shape index (κ1) is 20.6. The summed E-state index contributed by atoms with van der Waals surface area (Å²) in [5, 5.41) is 19.8. The largest absolute Gasteiger partial charge is 0.378 e. The van der Waals surface area contributed by atoms with Crippen molar-refractivity contribution >= 4 is 17.4 Å². The van der Waals surface area contributed by atoms with Crippen LogP contribution in [0.3, 0.4) is 0 Å². The molecule has 0 saturated carbocycles. The van der Waals surface area contributed by atoms with E-state index in [0.29, 0.717) is 24.0 Å². The second-order valence-corrected chi connectivity index (χ2v) is 7.46. The van der Waals surface area contributed by atoms with Crippen LogP contribution in [0.4, 0.5) is 5.82 Å². The van der Waals surface area contributed by atoms with Gasteiger partial charge in [-0.2, -0.15) is 9.78 Å². The number of anilines is 1. The van der Waals surface area contributed by atoms with Crippen LogP contribution in [0.5, 0.6) is 0 Å². The highest BCUT2D eigenvalue weighted by Gasteiger charge is 2.28. The highest BCUT2D eigenvalue weighted by molar-refractivity contribution is 6.00. The van der Waals surface area contributed by atoms with Crippen molar-refractivity contribution in [3.63, 3.8) is 0 Å². The Morgan fingerprint density at radius 1 is 1.32 bits per heavy atom. The van der Waals surface area contributed by atoms with Crippen molar-refractivity contribution in [3.05, 3.63) is 41.5 Å². The van der Waals surface area contributed by atoms with E-state index in [4.69, 9.17) is 10.4 Å². The van der Waals surface area contributed by atoms with Crippen molar-refractivity contribution in [2.45, 2.75) is 45.7 Å². The predicted molar refractivity (Wildman–Crippen MR) is 111 cm³/mol. The average molecular weight is 424 g/mol. The Kier molecular flexibility index (Phi) is 5.98. The summed E-state index contributed by atoms with van der Waals surface area (Å²) in [6, 6.07) is 3.99. The lowest BCUT2D eigenvalue weighted by atomic mass is 10.0. The Morgan fingerprint density at radius 2 is 2.13 bits per heavy atom. The lowest BCUT2D eigenvalue weighted by Gasteiger charge is -2.33. The Labute approximate surface area is 178 Å². The number of hydrazone groups is 1. The quantitative estimate of drug-likeness (QED) is 0.438. The smallest absolute Gasteiger partial charge is 0.293 e. The first-order valence-electron chi connectivity index (χ1n) is 10.1. The van der Waals surface area contributed by atoms with E-state index in [1.807, 2.05) is 12.1 Å². The van der Waals surface area contributed by atoms with Gasteiger partial charge in [-0.25, -0.2) is 10.1 Å². The van der Waals surface area contributed by atoms with E-state index >= 15 is 0 Å². The Hall–Kier alpha value is -3.67. The van der Waals surface area contributed by atoms with Crippen LogP contribution in [-0.2, 0) is 6.54 Å². The summed E-state index contributed by atoms with van der Waals surface area (Å²) in [6.07, 6.45) is 6.69. The van der Waals surface area contributed by atoms with Gasteiger partial charge in [-0.15, -0.1) is 5.10 Å². The number of hydrogen-bond donors (Lipinski definition) is 2. The molecular formula is C19H24N10O2. The number of amides is 1. The number of pyridine rings is 1. The van der Waals surface area contributed by atoms with Crippen molar-refractivity contribution in [3.8, 4) is 5.82 Å². The van der Waals surface area contributed by atoms with Gasteiger partial charge in [0.15, 0.2) is 5.69 Å². The fourth-order valence-corrected chi connectivity index (χ4v) is 3.56. The lowest BCUT2D eigenvalue weighted by molar-refractivity contribution is 0.0944. The Balaban J connectivity index is 1.62. The molecule has 0 bridgehead atoms. The number of nitrogens with two attached hydrogens (primary N) is 1. The molecule has 3 aromatic rings. The molecule has 1 unspecified atom stereocenters. The van der Waals surface area contributed by atoms with Gasteiger partial charge in [0.2, 0.25) is 11.6 Å². The summed E-state index contributed by atoms with van der Waals surface area (Å²) >= 11 is 0. The molecule has 0 spiro atoms. The van der Waals surface area contributed by atoms with Crippen molar-refractivity contribution < 1.29 is 9.42 Å². The highest BCUT2D eigenvalue weighted by atomic mass is 16.6. The number of likely N-dealkylation sites (tertiary alicyclic amines) is 1. The standard InChI is InChI=1S/C19H24N10O2/c1-12-5-3-4-10-28(12)11-15-16(23-27-29(15)18-17(20)25-31-26-18)19(30)24-22-13(2)14-6-8-21-9-7-14/h6-9,12H,3-5,10-11H2,1-2H3,(H2,20,25)(H,24,30). The molecule has 12 nitrogen and oxygen atoms in total. The van der Waals surface area contributed by atoms with Crippen molar-refractivity contribution in [1.29, 1.82) is 0 Å². The lowest BCUT2D eigenvalue weighted by Crippen LogP contribution is -2.38. The zero-order valence-electron chi connectivity index (χ0n) is 17.4. The number of hydrogen-bond acceptors (Lipinski definition) is 10. The molecule has 4 heterocycles. The van der Waals surface area contributed by atoms with Gasteiger partial charge in [-0.3, -0.25) is 14.7 Å². The molecule has 1 fully saturated rings. The van der Waals surface area contributed by atoms with Crippen LogP contribution in [0.1, 0.15) is 54.9 Å². The third kappa shape index (κ3) is 4.43. The average Bonchev–Trinajstić information content (AvgIpc) is 3.39. The fraction of sp³-hybridized carbons (Fsp3) is 0.421. The summed E-state index contributed by atoms with van der Waals surface area (Å²) in [5.41, 5.74) is 10.6. The van der Waals surface area contributed by atoms with Gasteiger partial charge in [0, 0.05) is 30.5 Å². The fourth-order valence-electron chi connectivity index (χ4n) is 3.56. The zero-order chi connectivity index (χ0) is 21.8. The second-order valence-electron chi connectivity index (χ2n) is 7.46. The van der Waals surface area contributed by atoms with Crippen molar-refractivity contribution in [1.82, 2.24) is 40.6 Å². The summed E-state index contributed by atoms with van der Waals surface area (Å²) in [7, 11) is 0. The first-order valence-corrected chi connectivity index (χ1v) is 10.1. The van der Waals surface area contributed by atoms with Crippen molar-refractivity contribution in [2.24, 2.45) is 5.10 Å². The van der Waals surface area contributed by atoms with Crippen LogP contribution >= 0.6 is 0 Å². The SMILES string of the molecule is CC(=NNC(=O)c1nnn(-c2nonc2N)c1CN1CCCCC1C)c1ccncc1. The second kappa shape index (κ2) is 9.00. The molecule has 1 saturated heterocycles. The van der Waals surface area contributed by atoms with Crippen LogP contribution in [0.2, 0.25) is 0 Å². The monoisotopic (exact) mass is 424 g/mol. The molecule has 0 radical (unpaired) electrons. The number of rotatable bonds is 6. The summed E-state index contributed by atoms with van der Waals surface area (Å²) < 4.78 is 6.11. The normalized spacial score (nSPS) is 17.6. The van der Waals surface area contributed by atoms with Gasteiger partial charge in [0.25, 0.3) is 5.91 Å². The molecule has 4 rings (SSSR count). The van der Waals surface area contributed by atoms with Gasteiger partial charge in [0.05, 0.1) is 11.4 Å². The van der Waals surface area contributed by atoms with E-state index in [2.05, 4.69) is 48.0 Å². The number of piperidine rings is 1. The van der Waals surface area contributed by atoms with Crippen molar-refractivity contribution in [2.75, 3.05) is 12.3 Å². The van der Waals surface area contributed by atoms with Gasteiger partial charge in [0.1, 0.15) is 0 Å². The molecular weight excluding hydrogens is 400 g/mol. The van der Waals surface area contributed by atoms with Gasteiger partial charge in [-0.1, -0.05) is 11.6 Å². The predicted octanol–water partition coefficient (Wildman–Crippen LogP) is 1.16. The molecule has 0 aromatic carbocycles. The summed E-state index contributed by atoms with van der Waals surface area (Å²) in [5.74, 6) is -0.214. The highest BCUT2D eigenvalue weighted by Crippen LogP contribution is 2.22. The van der Waals surface area contributed by atoms with E-state index in [-0.39, 0.29) is 17.3 Å². The number of aromatic nitrogens is 6. The number of carbonyl (C=O) groups is 1. The van der Waals surface area contributed by atoms with Gasteiger partial charge >= 0.3 is 0 Å². The maximum absolute atomic E-state index is 12.9. The van der Waals surface area contributed by atoms with E-state index in [9.17, 15) is 4.79 Å².